The monoisotopic (exact) mass is 332 g/mol. The maximum Gasteiger partial charge on any atom is 0.335 e. The zero-order valence-corrected chi connectivity index (χ0v) is 14.4. The van der Waals surface area contributed by atoms with Gasteiger partial charge >= 0.3 is 6.03 Å². The second-order valence-electron chi connectivity index (χ2n) is 5.90. The van der Waals surface area contributed by atoms with Gasteiger partial charge in [-0.3, -0.25) is 14.5 Å². The van der Waals surface area contributed by atoms with E-state index >= 15 is 0 Å². The average molecular weight is 332 g/mol. The zero-order valence-electron chi connectivity index (χ0n) is 14.4. The number of imide groups is 2. The third kappa shape index (κ3) is 2.94. The molecule has 1 fully saturated rings. The van der Waals surface area contributed by atoms with E-state index in [9.17, 15) is 14.4 Å². The van der Waals surface area contributed by atoms with Crippen molar-refractivity contribution in [1.29, 1.82) is 0 Å². The Kier molecular flexibility index (Phi) is 5.72. The summed E-state index contributed by atoms with van der Waals surface area (Å²) < 4.78 is 5.46. The molecular formula is C18H24N2O4. The number of urea groups is 1. The summed E-state index contributed by atoms with van der Waals surface area (Å²) in [5.74, 6) is -1.00. The molecule has 1 aliphatic heterocycles. The molecule has 0 aromatic heterocycles. The SMILES string of the molecule is CCCCOCN1C(=O)N(C)C(=O)C(CC)(c2ccccc2)C1=O. The summed E-state index contributed by atoms with van der Waals surface area (Å²) in [6, 6.07) is 8.25. The molecule has 0 aliphatic carbocycles. The molecule has 1 aromatic carbocycles. The number of amides is 4. The lowest BCUT2D eigenvalue weighted by Crippen LogP contribution is -2.66. The molecule has 1 heterocycles. The Hall–Kier alpha value is -2.21. The molecule has 0 saturated carbocycles. The van der Waals surface area contributed by atoms with Gasteiger partial charge in [0, 0.05) is 13.7 Å². The molecule has 130 valence electrons. The molecule has 0 N–H and O–H groups in total. The molecule has 2 rings (SSSR count). The summed E-state index contributed by atoms with van der Waals surface area (Å²) in [7, 11) is 1.41. The number of unbranched alkanes of at least 4 members (excludes halogenated alkanes) is 1. The smallest absolute Gasteiger partial charge is 0.335 e. The molecule has 24 heavy (non-hydrogen) atoms. The van der Waals surface area contributed by atoms with Crippen LogP contribution < -0.4 is 0 Å². The fourth-order valence-electron chi connectivity index (χ4n) is 2.96. The minimum Gasteiger partial charge on any atom is -0.360 e. The maximum absolute atomic E-state index is 13.1. The number of likely N-dealkylation sites (N-methyl/N-ethyl adjacent to an activating group) is 1. The van der Waals surface area contributed by atoms with Crippen molar-refractivity contribution in [1.82, 2.24) is 9.80 Å². The minimum atomic E-state index is -1.38. The standard InChI is InChI=1S/C18H24N2O4/c1-4-6-12-24-13-20-16(22)18(5-2,14-10-8-7-9-11-14)15(21)19(3)17(20)23/h7-11H,4-6,12-13H2,1-3H3. The predicted molar refractivity (Wildman–Crippen MR) is 89.2 cm³/mol. The van der Waals surface area contributed by atoms with Crippen LogP contribution in [0.1, 0.15) is 38.7 Å². The first kappa shape index (κ1) is 18.1. The van der Waals surface area contributed by atoms with Gasteiger partial charge in [0.1, 0.15) is 6.73 Å². The van der Waals surface area contributed by atoms with Gasteiger partial charge in [-0.1, -0.05) is 50.6 Å². The van der Waals surface area contributed by atoms with E-state index in [-0.39, 0.29) is 13.2 Å². The normalized spacial score (nSPS) is 21.5. The van der Waals surface area contributed by atoms with Crippen molar-refractivity contribution >= 4 is 17.8 Å². The van der Waals surface area contributed by atoms with Gasteiger partial charge in [0.2, 0.25) is 0 Å². The lowest BCUT2D eigenvalue weighted by molar-refractivity contribution is -0.155. The van der Waals surface area contributed by atoms with Gasteiger partial charge in [-0.25, -0.2) is 9.69 Å². The van der Waals surface area contributed by atoms with Gasteiger partial charge in [0.05, 0.1) is 0 Å². The fourth-order valence-corrected chi connectivity index (χ4v) is 2.96. The highest BCUT2D eigenvalue weighted by Gasteiger charge is 2.56. The van der Waals surface area contributed by atoms with Crippen LogP contribution in [0.15, 0.2) is 30.3 Å². The zero-order chi connectivity index (χ0) is 17.7. The molecule has 1 saturated heterocycles. The van der Waals surface area contributed by atoms with Crippen LogP contribution in [0.3, 0.4) is 0 Å². The van der Waals surface area contributed by atoms with Gasteiger partial charge in [-0.2, -0.15) is 0 Å². The maximum atomic E-state index is 13.1. The number of benzene rings is 1. The summed E-state index contributed by atoms with van der Waals surface area (Å²) in [5.41, 5.74) is -0.779. The Morgan fingerprint density at radius 2 is 1.71 bits per heavy atom. The molecular weight excluding hydrogens is 308 g/mol. The number of ether oxygens (including phenoxy) is 1. The van der Waals surface area contributed by atoms with E-state index in [0.717, 1.165) is 22.6 Å². The van der Waals surface area contributed by atoms with Crippen LogP contribution in [-0.4, -0.2) is 48.0 Å². The van der Waals surface area contributed by atoms with Crippen molar-refractivity contribution in [3.05, 3.63) is 35.9 Å². The van der Waals surface area contributed by atoms with Crippen LogP contribution in [0.5, 0.6) is 0 Å². The van der Waals surface area contributed by atoms with E-state index in [2.05, 4.69) is 0 Å². The van der Waals surface area contributed by atoms with Crippen molar-refractivity contribution in [2.75, 3.05) is 20.4 Å². The fraction of sp³-hybridized carbons (Fsp3) is 0.500. The number of hydrogen-bond acceptors (Lipinski definition) is 4. The number of barbiturate groups is 1. The molecule has 1 aliphatic rings. The van der Waals surface area contributed by atoms with E-state index in [0.29, 0.717) is 12.2 Å². The Bertz CT molecular complexity index is 617. The van der Waals surface area contributed by atoms with Crippen LogP contribution in [-0.2, 0) is 19.7 Å². The Balaban J connectivity index is 2.37. The highest BCUT2D eigenvalue weighted by Crippen LogP contribution is 2.36. The van der Waals surface area contributed by atoms with Crippen LogP contribution >= 0.6 is 0 Å². The largest absolute Gasteiger partial charge is 0.360 e. The molecule has 0 spiro atoms. The number of hydrogen-bond donors (Lipinski definition) is 0. The first-order chi connectivity index (χ1) is 11.5. The summed E-state index contributed by atoms with van der Waals surface area (Å²) >= 11 is 0. The van der Waals surface area contributed by atoms with Gasteiger partial charge in [-0.15, -0.1) is 0 Å². The summed E-state index contributed by atoms with van der Waals surface area (Å²) in [5, 5.41) is 0. The van der Waals surface area contributed by atoms with E-state index < -0.39 is 23.3 Å². The van der Waals surface area contributed by atoms with Crippen molar-refractivity contribution < 1.29 is 19.1 Å². The average Bonchev–Trinajstić information content (AvgIpc) is 2.61. The third-order valence-electron chi connectivity index (χ3n) is 4.46. The van der Waals surface area contributed by atoms with Crippen LogP contribution in [0, 0.1) is 0 Å². The molecule has 1 unspecified atom stereocenters. The summed E-state index contributed by atoms with van der Waals surface area (Å²) in [6.45, 7) is 4.15. The molecule has 0 bridgehead atoms. The Morgan fingerprint density at radius 3 is 2.29 bits per heavy atom. The molecule has 1 aromatic rings. The lowest BCUT2D eigenvalue weighted by atomic mass is 9.74. The van der Waals surface area contributed by atoms with Gasteiger partial charge in [0.15, 0.2) is 5.41 Å². The van der Waals surface area contributed by atoms with E-state index in [1.807, 2.05) is 13.0 Å². The van der Waals surface area contributed by atoms with Gasteiger partial charge < -0.3 is 4.74 Å². The van der Waals surface area contributed by atoms with E-state index in [1.165, 1.54) is 7.05 Å². The van der Waals surface area contributed by atoms with Crippen molar-refractivity contribution in [2.24, 2.45) is 0 Å². The number of nitrogens with zero attached hydrogens (tertiary/aromatic N) is 2. The lowest BCUT2D eigenvalue weighted by Gasteiger charge is -2.42. The first-order valence-corrected chi connectivity index (χ1v) is 8.28. The number of rotatable bonds is 7. The third-order valence-corrected chi connectivity index (χ3v) is 4.46. The van der Waals surface area contributed by atoms with E-state index in [1.54, 1.807) is 31.2 Å². The van der Waals surface area contributed by atoms with Crippen molar-refractivity contribution in [3.63, 3.8) is 0 Å². The van der Waals surface area contributed by atoms with E-state index in [4.69, 9.17) is 4.74 Å². The highest BCUT2D eigenvalue weighted by molar-refractivity contribution is 6.22. The quantitative estimate of drug-likeness (QED) is 0.568. The highest BCUT2D eigenvalue weighted by atomic mass is 16.5. The van der Waals surface area contributed by atoms with Crippen molar-refractivity contribution in [3.8, 4) is 0 Å². The van der Waals surface area contributed by atoms with Crippen LogP contribution in [0.4, 0.5) is 4.79 Å². The topological polar surface area (TPSA) is 66.9 Å². The number of carbonyl (C=O) groups excluding carboxylic acids is 3. The van der Waals surface area contributed by atoms with Gasteiger partial charge in [0.25, 0.3) is 11.8 Å². The Labute approximate surface area is 142 Å². The minimum absolute atomic E-state index is 0.135. The molecule has 1 atom stereocenters. The predicted octanol–water partition coefficient (Wildman–Crippen LogP) is 2.53. The van der Waals surface area contributed by atoms with Crippen LogP contribution in [0.2, 0.25) is 0 Å². The van der Waals surface area contributed by atoms with Crippen molar-refractivity contribution in [2.45, 2.75) is 38.5 Å². The second kappa shape index (κ2) is 7.57. The Morgan fingerprint density at radius 1 is 1.04 bits per heavy atom. The molecule has 4 amide bonds. The summed E-state index contributed by atoms with van der Waals surface area (Å²) in [4.78, 5) is 40.4. The molecule has 0 radical (unpaired) electrons. The summed E-state index contributed by atoms with van der Waals surface area (Å²) in [6.07, 6.45) is 2.09. The molecule has 6 heteroatoms. The van der Waals surface area contributed by atoms with Crippen LogP contribution in [0.25, 0.3) is 0 Å². The van der Waals surface area contributed by atoms with Gasteiger partial charge in [-0.05, 0) is 18.4 Å². The second-order valence-corrected chi connectivity index (χ2v) is 5.90. The molecule has 6 nitrogen and oxygen atoms in total. The number of carbonyl (C=O) groups is 3. The first-order valence-electron chi connectivity index (χ1n) is 8.28.